The summed E-state index contributed by atoms with van der Waals surface area (Å²) < 4.78 is 4.62. The van der Waals surface area contributed by atoms with E-state index in [9.17, 15) is 4.79 Å². The molecule has 0 saturated carbocycles. The molecule has 1 aromatic rings. The molecular weight excluding hydrogens is 168 g/mol. The van der Waals surface area contributed by atoms with E-state index in [0.717, 1.165) is 0 Å². The Morgan fingerprint density at radius 3 is 3.08 bits per heavy atom. The van der Waals surface area contributed by atoms with E-state index in [2.05, 4.69) is 15.0 Å². The SMILES string of the molecule is CNCc1ncccc1C(=O)OC. The second-order valence-corrected chi connectivity index (χ2v) is 2.52. The minimum absolute atomic E-state index is 0.349. The minimum atomic E-state index is -0.349. The maximum Gasteiger partial charge on any atom is 0.339 e. The molecule has 1 N–H and O–H groups in total. The van der Waals surface area contributed by atoms with Crippen LogP contribution in [-0.4, -0.2) is 25.1 Å². The van der Waals surface area contributed by atoms with Crippen molar-refractivity contribution < 1.29 is 9.53 Å². The largest absolute Gasteiger partial charge is 0.465 e. The molecule has 0 spiro atoms. The molecule has 0 aromatic carbocycles. The number of pyridine rings is 1. The van der Waals surface area contributed by atoms with Gasteiger partial charge in [0.2, 0.25) is 0 Å². The maximum absolute atomic E-state index is 11.2. The Balaban J connectivity index is 2.97. The van der Waals surface area contributed by atoms with E-state index in [1.165, 1.54) is 7.11 Å². The Morgan fingerprint density at radius 1 is 1.69 bits per heavy atom. The van der Waals surface area contributed by atoms with E-state index in [0.29, 0.717) is 17.8 Å². The van der Waals surface area contributed by atoms with E-state index < -0.39 is 0 Å². The standard InChI is InChI=1S/C9H12N2O2/c1-10-6-8-7(9(12)13-2)4-3-5-11-8/h3-5,10H,6H2,1-2H3. The molecule has 4 nitrogen and oxygen atoms in total. The highest BCUT2D eigenvalue weighted by Gasteiger charge is 2.10. The van der Waals surface area contributed by atoms with Crippen molar-refractivity contribution in [3.8, 4) is 0 Å². The number of carbonyl (C=O) groups excluding carboxylic acids is 1. The Kier molecular flexibility index (Phi) is 3.40. The van der Waals surface area contributed by atoms with E-state index >= 15 is 0 Å². The normalized spacial score (nSPS) is 9.69. The Bertz CT molecular complexity index is 299. The van der Waals surface area contributed by atoms with E-state index in [-0.39, 0.29) is 5.97 Å². The molecule has 0 amide bonds. The lowest BCUT2D eigenvalue weighted by atomic mass is 10.2. The van der Waals surface area contributed by atoms with Crippen LogP contribution in [0, 0.1) is 0 Å². The average molecular weight is 180 g/mol. The van der Waals surface area contributed by atoms with Crippen LogP contribution in [0.1, 0.15) is 16.1 Å². The summed E-state index contributed by atoms with van der Waals surface area (Å²) in [5, 5.41) is 2.93. The highest BCUT2D eigenvalue weighted by atomic mass is 16.5. The molecule has 0 bridgehead atoms. The molecule has 1 aromatic heterocycles. The molecule has 0 atom stereocenters. The quantitative estimate of drug-likeness (QED) is 0.691. The molecule has 0 unspecified atom stereocenters. The van der Waals surface area contributed by atoms with Crippen molar-refractivity contribution in [3.63, 3.8) is 0 Å². The number of nitrogens with one attached hydrogen (secondary N) is 1. The van der Waals surface area contributed by atoms with Gasteiger partial charge in [0.1, 0.15) is 0 Å². The van der Waals surface area contributed by atoms with Crippen LogP contribution < -0.4 is 5.32 Å². The second-order valence-electron chi connectivity index (χ2n) is 2.52. The number of ether oxygens (including phenoxy) is 1. The third-order valence-corrected chi connectivity index (χ3v) is 1.64. The van der Waals surface area contributed by atoms with Crippen LogP contribution in [0.15, 0.2) is 18.3 Å². The summed E-state index contributed by atoms with van der Waals surface area (Å²) >= 11 is 0. The molecule has 0 radical (unpaired) electrons. The monoisotopic (exact) mass is 180 g/mol. The van der Waals surface area contributed by atoms with Crippen LogP contribution in [0.5, 0.6) is 0 Å². The van der Waals surface area contributed by atoms with E-state index in [4.69, 9.17) is 0 Å². The van der Waals surface area contributed by atoms with Gasteiger partial charge in [0, 0.05) is 12.7 Å². The van der Waals surface area contributed by atoms with E-state index in [1.807, 2.05) is 0 Å². The first-order valence-corrected chi connectivity index (χ1v) is 3.96. The lowest BCUT2D eigenvalue weighted by Crippen LogP contribution is -2.13. The van der Waals surface area contributed by atoms with Gasteiger partial charge < -0.3 is 10.1 Å². The van der Waals surface area contributed by atoms with Gasteiger partial charge in [0.25, 0.3) is 0 Å². The summed E-state index contributed by atoms with van der Waals surface area (Å²) in [5.74, 6) is -0.349. The molecule has 0 saturated heterocycles. The minimum Gasteiger partial charge on any atom is -0.465 e. The number of methoxy groups -OCH3 is 1. The van der Waals surface area contributed by atoms with Gasteiger partial charge in [-0.15, -0.1) is 0 Å². The number of nitrogens with zero attached hydrogens (tertiary/aromatic N) is 1. The number of esters is 1. The summed E-state index contributed by atoms with van der Waals surface area (Å²) in [7, 11) is 3.16. The lowest BCUT2D eigenvalue weighted by molar-refractivity contribution is 0.0598. The number of carbonyl (C=O) groups is 1. The molecule has 0 fully saturated rings. The molecule has 1 rings (SSSR count). The van der Waals surface area contributed by atoms with Crippen molar-refractivity contribution in [1.82, 2.24) is 10.3 Å². The van der Waals surface area contributed by atoms with Crippen molar-refractivity contribution in [2.24, 2.45) is 0 Å². The first-order chi connectivity index (χ1) is 6.29. The number of aromatic nitrogens is 1. The Morgan fingerprint density at radius 2 is 2.46 bits per heavy atom. The van der Waals surface area contributed by atoms with Crippen LogP contribution >= 0.6 is 0 Å². The molecule has 1 heterocycles. The van der Waals surface area contributed by atoms with Crippen LogP contribution in [0.2, 0.25) is 0 Å². The van der Waals surface area contributed by atoms with Crippen LogP contribution in [0.3, 0.4) is 0 Å². The zero-order valence-corrected chi connectivity index (χ0v) is 7.70. The van der Waals surface area contributed by atoms with Crippen molar-refractivity contribution in [3.05, 3.63) is 29.6 Å². The molecule has 4 heteroatoms. The van der Waals surface area contributed by atoms with Gasteiger partial charge in [-0.2, -0.15) is 0 Å². The predicted molar refractivity (Wildman–Crippen MR) is 48.3 cm³/mol. The number of rotatable bonds is 3. The predicted octanol–water partition coefficient (Wildman–Crippen LogP) is 0.588. The highest BCUT2D eigenvalue weighted by molar-refractivity contribution is 5.90. The third kappa shape index (κ3) is 2.26. The fraction of sp³-hybridized carbons (Fsp3) is 0.333. The number of hydrogen-bond donors (Lipinski definition) is 1. The molecular formula is C9H12N2O2. The first kappa shape index (κ1) is 9.67. The van der Waals surface area contributed by atoms with Crippen molar-refractivity contribution >= 4 is 5.97 Å². The summed E-state index contributed by atoms with van der Waals surface area (Å²) in [4.78, 5) is 15.3. The number of hydrogen-bond acceptors (Lipinski definition) is 4. The zero-order chi connectivity index (χ0) is 9.68. The Hall–Kier alpha value is -1.42. The molecule has 70 valence electrons. The zero-order valence-electron chi connectivity index (χ0n) is 7.70. The van der Waals surface area contributed by atoms with Crippen molar-refractivity contribution in [2.75, 3.05) is 14.2 Å². The topological polar surface area (TPSA) is 51.2 Å². The molecule has 0 aliphatic heterocycles. The average Bonchev–Trinajstić information content (AvgIpc) is 2.18. The smallest absolute Gasteiger partial charge is 0.339 e. The highest BCUT2D eigenvalue weighted by Crippen LogP contribution is 2.06. The van der Waals surface area contributed by atoms with Crippen molar-refractivity contribution in [1.29, 1.82) is 0 Å². The molecule has 0 aliphatic rings. The van der Waals surface area contributed by atoms with Gasteiger partial charge in [-0.3, -0.25) is 4.98 Å². The van der Waals surface area contributed by atoms with Crippen LogP contribution in [-0.2, 0) is 11.3 Å². The van der Waals surface area contributed by atoms with Crippen LogP contribution in [0.25, 0.3) is 0 Å². The first-order valence-electron chi connectivity index (χ1n) is 3.96. The van der Waals surface area contributed by atoms with Gasteiger partial charge in [0.05, 0.1) is 18.4 Å². The van der Waals surface area contributed by atoms with Gasteiger partial charge in [-0.1, -0.05) is 0 Å². The summed E-state index contributed by atoms with van der Waals surface area (Å²) in [6, 6.07) is 3.41. The van der Waals surface area contributed by atoms with Crippen LogP contribution in [0.4, 0.5) is 0 Å². The molecule has 13 heavy (non-hydrogen) atoms. The fourth-order valence-corrected chi connectivity index (χ4v) is 1.04. The van der Waals surface area contributed by atoms with Gasteiger partial charge in [0.15, 0.2) is 0 Å². The fourth-order valence-electron chi connectivity index (χ4n) is 1.04. The summed E-state index contributed by atoms with van der Waals surface area (Å²) in [6.07, 6.45) is 1.65. The summed E-state index contributed by atoms with van der Waals surface area (Å²) in [6.45, 7) is 0.561. The van der Waals surface area contributed by atoms with Crippen molar-refractivity contribution in [2.45, 2.75) is 6.54 Å². The van der Waals surface area contributed by atoms with E-state index in [1.54, 1.807) is 25.4 Å². The van der Waals surface area contributed by atoms with Gasteiger partial charge >= 0.3 is 5.97 Å². The Labute approximate surface area is 76.9 Å². The van der Waals surface area contributed by atoms with Gasteiger partial charge in [-0.25, -0.2) is 4.79 Å². The second kappa shape index (κ2) is 4.57. The summed E-state index contributed by atoms with van der Waals surface area (Å²) in [5.41, 5.74) is 1.22. The molecule has 0 aliphatic carbocycles. The third-order valence-electron chi connectivity index (χ3n) is 1.64. The van der Waals surface area contributed by atoms with Gasteiger partial charge in [-0.05, 0) is 19.2 Å². The maximum atomic E-state index is 11.2. The lowest BCUT2D eigenvalue weighted by Gasteiger charge is -2.04.